The van der Waals surface area contributed by atoms with Crippen LogP contribution in [0.4, 0.5) is 0 Å². The molecule has 4 atom stereocenters. The van der Waals surface area contributed by atoms with Gasteiger partial charge >= 0.3 is 5.69 Å². The number of rotatable bonds is 6. The smallest absolute Gasteiger partial charge is 0.328 e. The molecule has 1 unspecified atom stereocenters. The predicted molar refractivity (Wildman–Crippen MR) is 96.6 cm³/mol. The summed E-state index contributed by atoms with van der Waals surface area (Å²) in [6.07, 6.45) is 3.93. The van der Waals surface area contributed by atoms with Gasteiger partial charge in [-0.3, -0.25) is 9.78 Å². The van der Waals surface area contributed by atoms with Gasteiger partial charge in [0.25, 0.3) is 5.56 Å². The first kappa shape index (κ1) is 19.2. The van der Waals surface area contributed by atoms with Crippen molar-refractivity contribution < 1.29 is 14.9 Å². The number of hydrogen-bond donors (Lipinski definition) is 3. The van der Waals surface area contributed by atoms with Gasteiger partial charge in [0.05, 0.1) is 11.7 Å². The van der Waals surface area contributed by atoms with Gasteiger partial charge in [-0.2, -0.15) is 0 Å². The Labute approximate surface area is 141 Å². The van der Waals surface area contributed by atoms with Gasteiger partial charge in [0.2, 0.25) is 0 Å². The number of nitrogens with one attached hydrogen (secondary N) is 1. The normalized spacial score (nSPS) is 27.5. The summed E-state index contributed by atoms with van der Waals surface area (Å²) in [5, 5.41) is 20.5. The van der Waals surface area contributed by atoms with Crippen molar-refractivity contribution >= 4 is 13.2 Å². The van der Waals surface area contributed by atoms with E-state index in [1.165, 1.54) is 10.8 Å². The summed E-state index contributed by atoms with van der Waals surface area (Å²) in [7, 11) is 0. The maximum absolute atomic E-state index is 12.1. The lowest BCUT2D eigenvalue weighted by Crippen LogP contribution is -2.35. The molecule has 0 bridgehead atoms. The second-order valence-electron chi connectivity index (χ2n) is 7.06. The van der Waals surface area contributed by atoms with Crippen molar-refractivity contribution in [1.29, 1.82) is 0 Å². The molecule has 2 rings (SSSR count). The quantitative estimate of drug-likeness (QED) is 0.631. The van der Waals surface area contributed by atoms with E-state index in [2.05, 4.69) is 24.6 Å². The first-order valence-electron chi connectivity index (χ1n) is 8.16. The lowest BCUT2D eigenvalue weighted by atomic mass is 10.0. The third-order valence-corrected chi connectivity index (χ3v) is 5.66. The van der Waals surface area contributed by atoms with E-state index in [9.17, 15) is 19.8 Å². The average Bonchev–Trinajstić information content (AvgIpc) is 2.75. The zero-order valence-corrected chi connectivity index (χ0v) is 15.3. The Morgan fingerprint density at radius 2 is 2.00 bits per heavy atom. The fourth-order valence-electron chi connectivity index (χ4n) is 2.86. The Morgan fingerprint density at radius 1 is 1.33 bits per heavy atom. The summed E-state index contributed by atoms with van der Waals surface area (Å²) in [4.78, 5) is 26.1. The van der Waals surface area contributed by atoms with Crippen LogP contribution in [0.25, 0.3) is 0 Å². The molecule has 24 heavy (non-hydrogen) atoms. The molecule has 7 nitrogen and oxygen atoms in total. The summed E-state index contributed by atoms with van der Waals surface area (Å²) in [6, 6.07) is 0. The number of aromatic nitrogens is 2. The van der Waals surface area contributed by atoms with E-state index in [4.69, 9.17) is 4.74 Å². The van der Waals surface area contributed by atoms with Crippen molar-refractivity contribution in [1.82, 2.24) is 9.55 Å². The summed E-state index contributed by atoms with van der Waals surface area (Å²) >= 11 is 0. The summed E-state index contributed by atoms with van der Waals surface area (Å²) in [5.41, 5.74) is -0.909. The number of nitrogens with zero attached hydrogens (tertiary/aromatic N) is 1. The summed E-state index contributed by atoms with van der Waals surface area (Å²) in [5.74, 6) is 0. The third-order valence-electron chi connectivity index (χ3n) is 4.19. The van der Waals surface area contributed by atoms with Crippen LogP contribution in [-0.4, -0.2) is 63.9 Å². The van der Waals surface area contributed by atoms with Crippen molar-refractivity contribution in [2.45, 2.75) is 50.7 Å². The standard InChI is InChI=1S/C16H27N2O5P/c1-5-7-18-9-10(15(21)17-16(18)22)14-13(20)12(19)11(23-14)6-8-24(2,3)4/h9,11-14,19-20H,2,5-8H2,1,3-4H3,(H,17,21,22)/t11-,12-,13?,14+/m1/s1. The van der Waals surface area contributed by atoms with Crippen LogP contribution < -0.4 is 11.2 Å². The maximum Gasteiger partial charge on any atom is 0.328 e. The maximum atomic E-state index is 12.1. The predicted octanol–water partition coefficient (Wildman–Crippen LogP) is 0.208. The second kappa shape index (κ2) is 7.40. The van der Waals surface area contributed by atoms with Crippen molar-refractivity contribution in [3.63, 3.8) is 0 Å². The van der Waals surface area contributed by atoms with Gasteiger partial charge < -0.3 is 19.5 Å². The minimum atomic E-state index is -1.28. The van der Waals surface area contributed by atoms with Gasteiger partial charge in [-0.05, 0) is 32.3 Å². The Kier molecular flexibility index (Phi) is 5.91. The lowest BCUT2D eigenvalue weighted by molar-refractivity contribution is 0.00493. The summed E-state index contributed by atoms with van der Waals surface area (Å²) < 4.78 is 7.16. The molecular formula is C16H27N2O5P. The summed E-state index contributed by atoms with van der Waals surface area (Å²) in [6.45, 7) is 5.28. The van der Waals surface area contributed by atoms with Crippen molar-refractivity contribution in [2.75, 3.05) is 19.5 Å². The first-order chi connectivity index (χ1) is 11.1. The van der Waals surface area contributed by atoms with E-state index < -0.39 is 42.6 Å². The van der Waals surface area contributed by atoms with Crippen LogP contribution in [0.5, 0.6) is 0 Å². The second-order valence-corrected chi connectivity index (χ2v) is 11.4. The minimum absolute atomic E-state index is 0.167. The Morgan fingerprint density at radius 3 is 2.58 bits per heavy atom. The minimum Gasteiger partial charge on any atom is -0.388 e. The van der Waals surface area contributed by atoms with E-state index in [-0.39, 0.29) is 5.56 Å². The molecule has 1 aromatic rings. The van der Waals surface area contributed by atoms with Gasteiger partial charge in [-0.25, -0.2) is 4.79 Å². The SMILES string of the molecule is C=P(C)(C)CC[C@H]1O[C@@H](c2cn(CCC)c(=O)[nH]c2=O)C(O)[C@@H]1O. The number of hydrogen-bond acceptors (Lipinski definition) is 5. The van der Waals surface area contributed by atoms with E-state index >= 15 is 0 Å². The Hall–Kier alpha value is -1.14. The topological polar surface area (TPSA) is 105 Å². The van der Waals surface area contributed by atoms with Crippen LogP contribution in [0.15, 0.2) is 15.8 Å². The number of ether oxygens (including phenoxy) is 1. The molecule has 1 fully saturated rings. The van der Waals surface area contributed by atoms with Gasteiger partial charge in [0.1, 0.15) is 18.3 Å². The molecule has 0 spiro atoms. The number of aliphatic hydroxyl groups is 2. The van der Waals surface area contributed by atoms with E-state index in [1.807, 2.05) is 6.92 Å². The lowest BCUT2D eigenvalue weighted by Gasteiger charge is -2.18. The number of H-pyrrole nitrogens is 1. The number of aryl methyl sites for hydroxylation is 1. The largest absolute Gasteiger partial charge is 0.388 e. The molecule has 1 aliphatic heterocycles. The van der Waals surface area contributed by atoms with Gasteiger partial charge in [0.15, 0.2) is 0 Å². The van der Waals surface area contributed by atoms with Gasteiger partial charge in [-0.1, -0.05) is 6.92 Å². The highest BCUT2D eigenvalue weighted by Crippen LogP contribution is 2.40. The van der Waals surface area contributed by atoms with Gasteiger partial charge in [0, 0.05) is 12.7 Å². The number of aromatic amines is 1. The zero-order chi connectivity index (χ0) is 18.1. The van der Waals surface area contributed by atoms with Crippen molar-refractivity contribution in [3.8, 4) is 0 Å². The van der Waals surface area contributed by atoms with Crippen LogP contribution in [0, 0.1) is 0 Å². The van der Waals surface area contributed by atoms with Crippen LogP contribution in [0.1, 0.15) is 31.4 Å². The molecular weight excluding hydrogens is 331 g/mol. The molecule has 1 aliphatic rings. The third kappa shape index (κ3) is 4.28. The zero-order valence-electron chi connectivity index (χ0n) is 14.4. The Bertz CT molecular complexity index is 735. The van der Waals surface area contributed by atoms with Crippen molar-refractivity contribution in [2.24, 2.45) is 0 Å². The molecule has 136 valence electrons. The van der Waals surface area contributed by atoms with E-state index in [1.54, 1.807) is 0 Å². The van der Waals surface area contributed by atoms with Gasteiger partial charge in [-0.15, -0.1) is 13.2 Å². The molecule has 0 saturated carbocycles. The van der Waals surface area contributed by atoms with E-state index in [0.717, 1.165) is 12.6 Å². The van der Waals surface area contributed by atoms with E-state index in [0.29, 0.717) is 13.0 Å². The molecule has 1 saturated heterocycles. The molecule has 2 heterocycles. The highest BCUT2D eigenvalue weighted by molar-refractivity contribution is 7.72. The van der Waals surface area contributed by atoms with Crippen LogP contribution >= 0.6 is 6.89 Å². The molecule has 0 amide bonds. The van der Waals surface area contributed by atoms with Crippen LogP contribution in [-0.2, 0) is 11.3 Å². The number of aliphatic hydroxyl groups excluding tert-OH is 2. The fourth-order valence-corrected chi connectivity index (χ4v) is 3.81. The average molecular weight is 358 g/mol. The van der Waals surface area contributed by atoms with Crippen molar-refractivity contribution in [3.05, 3.63) is 32.6 Å². The molecule has 0 radical (unpaired) electrons. The molecule has 3 N–H and O–H groups in total. The van der Waals surface area contributed by atoms with Crippen LogP contribution in [0.2, 0.25) is 0 Å². The first-order valence-corrected chi connectivity index (χ1v) is 11.2. The molecule has 1 aromatic heterocycles. The molecule has 0 aliphatic carbocycles. The Balaban J connectivity index is 2.26. The monoisotopic (exact) mass is 358 g/mol. The highest BCUT2D eigenvalue weighted by atomic mass is 31.2. The highest BCUT2D eigenvalue weighted by Gasteiger charge is 2.44. The van der Waals surface area contributed by atoms with Crippen LogP contribution in [0.3, 0.4) is 0 Å². The molecule has 0 aromatic carbocycles. The fraction of sp³-hybridized carbons (Fsp3) is 0.688. The molecule has 8 heteroatoms.